The summed E-state index contributed by atoms with van der Waals surface area (Å²) in [6, 6.07) is 10.9. The van der Waals surface area contributed by atoms with E-state index >= 15 is 0 Å². The molecule has 0 fully saturated rings. The largest absolute Gasteiger partial charge is 0.0696 e. The Hall–Kier alpha value is -1.04. The number of benzene rings is 1. The van der Waals surface area contributed by atoms with Crippen molar-refractivity contribution in [2.75, 3.05) is 0 Å². The molecule has 0 heteroatoms. The molecule has 0 saturated carbocycles. The highest BCUT2D eigenvalue weighted by atomic mass is 14.1. The molecule has 1 aromatic carbocycles. The maximum Gasteiger partial charge on any atom is -0.0257 e. The highest BCUT2D eigenvalue weighted by molar-refractivity contribution is 5.52. The van der Waals surface area contributed by atoms with Gasteiger partial charge in [-0.25, -0.2) is 0 Å². The Balaban J connectivity index is 1.94. The molecule has 0 aliphatic rings. The Kier molecular flexibility index (Phi) is 19.1. The van der Waals surface area contributed by atoms with Gasteiger partial charge < -0.3 is 0 Å². The first-order valence-corrected chi connectivity index (χ1v) is 13.6. The van der Waals surface area contributed by atoms with Crippen LogP contribution < -0.4 is 0 Å². The first-order chi connectivity index (χ1) is 14.9. The van der Waals surface area contributed by atoms with Gasteiger partial charge in [-0.2, -0.15) is 0 Å². The summed E-state index contributed by atoms with van der Waals surface area (Å²) in [5.74, 6) is 0. The zero-order valence-electron chi connectivity index (χ0n) is 20.6. The van der Waals surface area contributed by atoms with Gasteiger partial charge in [-0.15, -0.1) is 0 Å². The van der Waals surface area contributed by atoms with Gasteiger partial charge in [0.2, 0.25) is 0 Å². The molecule has 0 unspecified atom stereocenters. The van der Waals surface area contributed by atoms with Crippen LogP contribution in [0.2, 0.25) is 0 Å². The lowest BCUT2D eigenvalue weighted by atomic mass is 9.98. The summed E-state index contributed by atoms with van der Waals surface area (Å²) in [5, 5.41) is 0. The highest BCUT2D eigenvalue weighted by Gasteiger charge is 2.00. The molecule has 0 saturated heterocycles. The Labute approximate surface area is 190 Å². The first kappa shape index (κ1) is 27.0. The second-order valence-corrected chi connectivity index (χ2v) is 9.37. The van der Waals surface area contributed by atoms with Crippen LogP contribution in [-0.2, 0) is 0 Å². The normalized spacial score (nSPS) is 11.9. The number of hydrogen-bond acceptors (Lipinski definition) is 0. The summed E-state index contributed by atoms with van der Waals surface area (Å²) in [4.78, 5) is 0. The van der Waals surface area contributed by atoms with Crippen molar-refractivity contribution in [3.8, 4) is 0 Å². The molecule has 0 aliphatic carbocycles. The highest BCUT2D eigenvalue weighted by Crippen LogP contribution is 2.20. The fourth-order valence-corrected chi connectivity index (χ4v) is 4.36. The minimum absolute atomic E-state index is 1.28. The van der Waals surface area contributed by atoms with Crippen LogP contribution in [0.15, 0.2) is 35.9 Å². The van der Waals surface area contributed by atoms with Gasteiger partial charge in [0.15, 0.2) is 0 Å². The van der Waals surface area contributed by atoms with Gasteiger partial charge in [-0.3, -0.25) is 0 Å². The molecule has 1 aromatic rings. The smallest absolute Gasteiger partial charge is 0.0257 e. The van der Waals surface area contributed by atoms with Gasteiger partial charge in [0.05, 0.1) is 0 Å². The zero-order valence-corrected chi connectivity index (χ0v) is 20.6. The van der Waals surface area contributed by atoms with E-state index in [0.29, 0.717) is 0 Å². The molecule has 0 atom stereocenters. The van der Waals surface area contributed by atoms with Crippen LogP contribution in [0.1, 0.15) is 148 Å². The number of unbranched alkanes of at least 4 members (excludes halogenated alkanes) is 16. The summed E-state index contributed by atoms with van der Waals surface area (Å²) >= 11 is 0. The summed E-state index contributed by atoms with van der Waals surface area (Å²) < 4.78 is 0. The standard InChI is InChI=1S/C30H52/c1-3-5-7-8-9-10-11-12-13-14-15-16-17-18-19-21-25-29(24-6-4-2)28-30-26-22-20-23-27-30/h20,22-23,26-28H,3-19,21,24-25H2,1-2H3. The average Bonchev–Trinajstić information content (AvgIpc) is 2.77. The molecule has 0 bridgehead atoms. The van der Waals surface area contributed by atoms with Gasteiger partial charge in [-0.1, -0.05) is 159 Å². The van der Waals surface area contributed by atoms with E-state index in [0.717, 1.165) is 0 Å². The summed E-state index contributed by atoms with van der Waals surface area (Å²) in [7, 11) is 0. The lowest BCUT2D eigenvalue weighted by Crippen LogP contribution is -1.88. The first-order valence-electron chi connectivity index (χ1n) is 13.6. The van der Waals surface area contributed by atoms with Crippen molar-refractivity contribution in [2.45, 2.75) is 142 Å². The number of rotatable bonds is 21. The van der Waals surface area contributed by atoms with Crippen LogP contribution in [0.5, 0.6) is 0 Å². The third kappa shape index (κ3) is 16.7. The van der Waals surface area contributed by atoms with E-state index in [1.807, 2.05) is 0 Å². The molecule has 30 heavy (non-hydrogen) atoms. The van der Waals surface area contributed by atoms with Crippen molar-refractivity contribution in [2.24, 2.45) is 0 Å². The molecule has 0 spiro atoms. The average molecular weight is 413 g/mol. The minimum atomic E-state index is 1.28. The van der Waals surface area contributed by atoms with Crippen LogP contribution in [0.25, 0.3) is 6.08 Å². The Morgan fingerprint density at radius 3 is 1.37 bits per heavy atom. The Bertz CT molecular complexity index is 484. The third-order valence-electron chi connectivity index (χ3n) is 6.37. The molecule has 1 rings (SSSR count). The molecule has 0 nitrogen and oxygen atoms in total. The molecule has 0 aromatic heterocycles. The second kappa shape index (κ2) is 21.2. The van der Waals surface area contributed by atoms with Gasteiger partial charge >= 0.3 is 0 Å². The van der Waals surface area contributed by atoms with Crippen LogP contribution in [-0.4, -0.2) is 0 Å². The van der Waals surface area contributed by atoms with E-state index in [-0.39, 0.29) is 0 Å². The number of hydrogen-bond donors (Lipinski definition) is 0. The lowest BCUT2D eigenvalue weighted by Gasteiger charge is -2.08. The second-order valence-electron chi connectivity index (χ2n) is 9.37. The van der Waals surface area contributed by atoms with Crippen molar-refractivity contribution >= 4 is 6.08 Å². The molecular weight excluding hydrogens is 360 g/mol. The Morgan fingerprint density at radius 1 is 0.500 bits per heavy atom. The SMILES string of the molecule is CCCCCCCCCCCCCCCCCCC(=Cc1ccccc1)CCCC. The van der Waals surface area contributed by atoms with Crippen LogP contribution >= 0.6 is 0 Å². The molecule has 0 amide bonds. The van der Waals surface area contributed by atoms with E-state index in [2.05, 4.69) is 50.3 Å². The maximum absolute atomic E-state index is 2.45. The predicted octanol–water partition coefficient (Wildman–Crippen LogP) is 10.9. The number of allylic oxidation sites excluding steroid dienone is 1. The van der Waals surface area contributed by atoms with Crippen molar-refractivity contribution in [3.63, 3.8) is 0 Å². The quantitative estimate of drug-likeness (QED) is 0.176. The molecular formula is C30H52. The van der Waals surface area contributed by atoms with E-state index in [4.69, 9.17) is 0 Å². The maximum atomic E-state index is 2.45. The van der Waals surface area contributed by atoms with Crippen molar-refractivity contribution in [1.29, 1.82) is 0 Å². The van der Waals surface area contributed by atoms with Crippen LogP contribution in [0, 0.1) is 0 Å². The predicted molar refractivity (Wildman–Crippen MR) is 138 cm³/mol. The van der Waals surface area contributed by atoms with Crippen molar-refractivity contribution in [1.82, 2.24) is 0 Å². The van der Waals surface area contributed by atoms with Gasteiger partial charge in [0.25, 0.3) is 0 Å². The van der Waals surface area contributed by atoms with Crippen molar-refractivity contribution < 1.29 is 0 Å². The lowest BCUT2D eigenvalue weighted by molar-refractivity contribution is 0.529. The molecule has 172 valence electrons. The molecule has 0 aliphatic heterocycles. The summed E-state index contributed by atoms with van der Waals surface area (Å²) in [6.45, 7) is 4.60. The van der Waals surface area contributed by atoms with E-state index in [1.165, 1.54) is 134 Å². The minimum Gasteiger partial charge on any atom is -0.0696 e. The molecule has 0 heterocycles. The fraction of sp³-hybridized carbons (Fsp3) is 0.733. The Morgan fingerprint density at radius 2 is 0.900 bits per heavy atom. The summed E-state index contributed by atoms with van der Waals surface area (Å²) in [6.07, 6.45) is 30.8. The fourth-order valence-electron chi connectivity index (χ4n) is 4.36. The van der Waals surface area contributed by atoms with Gasteiger partial charge in [-0.05, 0) is 31.2 Å². The van der Waals surface area contributed by atoms with Gasteiger partial charge in [0.1, 0.15) is 0 Å². The van der Waals surface area contributed by atoms with E-state index < -0.39 is 0 Å². The molecule has 0 radical (unpaired) electrons. The van der Waals surface area contributed by atoms with Crippen LogP contribution in [0.4, 0.5) is 0 Å². The van der Waals surface area contributed by atoms with Gasteiger partial charge in [0, 0.05) is 0 Å². The van der Waals surface area contributed by atoms with Crippen LogP contribution in [0.3, 0.4) is 0 Å². The third-order valence-corrected chi connectivity index (χ3v) is 6.37. The zero-order chi connectivity index (χ0) is 21.5. The molecule has 0 N–H and O–H groups in total. The van der Waals surface area contributed by atoms with E-state index in [1.54, 1.807) is 5.57 Å². The summed E-state index contributed by atoms with van der Waals surface area (Å²) in [5.41, 5.74) is 3.04. The van der Waals surface area contributed by atoms with Crippen molar-refractivity contribution in [3.05, 3.63) is 41.5 Å². The topological polar surface area (TPSA) is 0 Å². The monoisotopic (exact) mass is 412 g/mol. The van der Waals surface area contributed by atoms with E-state index in [9.17, 15) is 0 Å².